The number of aromatic nitrogens is 2. The summed E-state index contributed by atoms with van der Waals surface area (Å²) < 4.78 is 14.7. The number of fused-ring (bicyclic) bond motifs is 1. The van der Waals surface area contributed by atoms with Crippen LogP contribution < -0.4 is 5.56 Å². The molecular weight excluding hydrogens is 319 g/mol. The Kier molecular flexibility index (Phi) is 4.12. The molecule has 0 saturated carbocycles. The first-order valence-electron chi connectivity index (χ1n) is 6.68. The average Bonchev–Trinajstić information content (AvgIpc) is 2.53. The van der Waals surface area contributed by atoms with E-state index in [4.69, 9.17) is 5.11 Å². The topological polar surface area (TPSA) is 72.2 Å². The molecule has 2 aromatic carbocycles. The largest absolute Gasteiger partial charge is 0.481 e. The summed E-state index contributed by atoms with van der Waals surface area (Å²) in [6.07, 6.45) is 0. The van der Waals surface area contributed by atoms with Crippen molar-refractivity contribution in [3.05, 3.63) is 64.7 Å². The van der Waals surface area contributed by atoms with E-state index in [1.165, 1.54) is 22.8 Å². The van der Waals surface area contributed by atoms with Crippen molar-refractivity contribution in [2.45, 2.75) is 5.16 Å². The number of benzene rings is 2. The molecule has 1 aromatic heterocycles. The number of aliphatic carboxylic acids is 1. The maximum atomic E-state index is 13.5. The molecule has 0 aliphatic carbocycles. The number of nitrogens with zero attached hydrogens (tertiary/aromatic N) is 2. The molecule has 3 rings (SSSR count). The zero-order valence-electron chi connectivity index (χ0n) is 11.8. The van der Waals surface area contributed by atoms with Gasteiger partial charge in [-0.15, -0.1) is 0 Å². The van der Waals surface area contributed by atoms with Crippen LogP contribution in [0.4, 0.5) is 4.39 Å². The monoisotopic (exact) mass is 330 g/mol. The van der Waals surface area contributed by atoms with E-state index in [9.17, 15) is 14.0 Å². The summed E-state index contributed by atoms with van der Waals surface area (Å²) in [4.78, 5) is 27.9. The molecule has 0 atom stereocenters. The first kappa shape index (κ1) is 15.2. The van der Waals surface area contributed by atoms with Crippen LogP contribution in [0.1, 0.15) is 0 Å². The summed E-state index contributed by atoms with van der Waals surface area (Å²) in [5.41, 5.74) is 0.410. The van der Waals surface area contributed by atoms with Gasteiger partial charge in [-0.3, -0.25) is 14.2 Å². The Bertz CT molecular complexity index is 955. The predicted molar refractivity (Wildman–Crippen MR) is 85.7 cm³/mol. The quantitative estimate of drug-likeness (QED) is 0.588. The molecule has 1 N–H and O–H groups in total. The molecule has 0 bridgehead atoms. The van der Waals surface area contributed by atoms with Gasteiger partial charge in [0.1, 0.15) is 5.82 Å². The Morgan fingerprint density at radius 1 is 1.22 bits per heavy atom. The van der Waals surface area contributed by atoms with Gasteiger partial charge < -0.3 is 5.11 Å². The highest BCUT2D eigenvalue weighted by Gasteiger charge is 2.14. The van der Waals surface area contributed by atoms with Crippen molar-refractivity contribution in [3.8, 4) is 5.69 Å². The normalized spacial score (nSPS) is 10.8. The fourth-order valence-electron chi connectivity index (χ4n) is 2.18. The van der Waals surface area contributed by atoms with Crippen molar-refractivity contribution in [2.75, 3.05) is 5.75 Å². The number of thioether (sulfide) groups is 1. The van der Waals surface area contributed by atoms with E-state index in [0.717, 1.165) is 11.8 Å². The molecule has 0 aliphatic rings. The lowest BCUT2D eigenvalue weighted by molar-refractivity contribution is -0.133. The van der Waals surface area contributed by atoms with E-state index in [0.29, 0.717) is 16.6 Å². The number of rotatable bonds is 4. The van der Waals surface area contributed by atoms with Gasteiger partial charge >= 0.3 is 5.97 Å². The van der Waals surface area contributed by atoms with Crippen molar-refractivity contribution >= 4 is 28.6 Å². The van der Waals surface area contributed by atoms with Gasteiger partial charge in [0.05, 0.1) is 22.3 Å². The lowest BCUT2D eigenvalue weighted by Gasteiger charge is -2.12. The van der Waals surface area contributed by atoms with E-state index < -0.39 is 11.8 Å². The van der Waals surface area contributed by atoms with Crippen LogP contribution in [-0.2, 0) is 4.79 Å². The van der Waals surface area contributed by atoms with Crippen LogP contribution in [0.25, 0.3) is 16.6 Å². The second-order valence-electron chi connectivity index (χ2n) is 4.71. The predicted octanol–water partition coefficient (Wildman–Crippen LogP) is 2.70. The van der Waals surface area contributed by atoms with Crippen molar-refractivity contribution in [1.82, 2.24) is 9.55 Å². The molecule has 116 valence electrons. The molecular formula is C16H11FN2O3S. The van der Waals surface area contributed by atoms with Crippen LogP contribution in [0.3, 0.4) is 0 Å². The lowest BCUT2D eigenvalue weighted by Crippen LogP contribution is -2.22. The molecule has 0 unspecified atom stereocenters. The Labute approximate surface area is 134 Å². The summed E-state index contributed by atoms with van der Waals surface area (Å²) in [5.74, 6) is -1.76. The van der Waals surface area contributed by atoms with Crippen LogP contribution in [-0.4, -0.2) is 26.4 Å². The number of carboxylic acids is 1. The van der Waals surface area contributed by atoms with E-state index in [1.54, 1.807) is 30.3 Å². The highest BCUT2D eigenvalue weighted by Crippen LogP contribution is 2.21. The minimum atomic E-state index is -1.02. The minimum Gasteiger partial charge on any atom is -0.481 e. The number of halogens is 1. The van der Waals surface area contributed by atoms with Crippen LogP contribution >= 0.6 is 11.8 Å². The molecule has 0 fully saturated rings. The SMILES string of the molecule is O=C(O)CSc1nc2ccccc2c(=O)n1-c1cccc(F)c1. The average molecular weight is 330 g/mol. The second kappa shape index (κ2) is 6.21. The first-order chi connectivity index (χ1) is 11.1. The van der Waals surface area contributed by atoms with Crippen LogP contribution in [0.5, 0.6) is 0 Å². The minimum absolute atomic E-state index is 0.210. The van der Waals surface area contributed by atoms with E-state index in [-0.39, 0.29) is 16.5 Å². The number of hydrogen-bond donors (Lipinski definition) is 1. The zero-order valence-corrected chi connectivity index (χ0v) is 12.6. The molecule has 3 aromatic rings. The molecule has 0 amide bonds. The van der Waals surface area contributed by atoms with Gasteiger partial charge in [0.15, 0.2) is 5.16 Å². The summed E-state index contributed by atoms with van der Waals surface area (Å²) in [6.45, 7) is 0. The van der Waals surface area contributed by atoms with Gasteiger partial charge in [0.2, 0.25) is 0 Å². The molecule has 1 heterocycles. The molecule has 7 heteroatoms. The van der Waals surface area contributed by atoms with Gasteiger partial charge in [0, 0.05) is 0 Å². The van der Waals surface area contributed by atoms with Crippen LogP contribution in [0.15, 0.2) is 58.5 Å². The number of hydrogen-bond acceptors (Lipinski definition) is 4. The zero-order chi connectivity index (χ0) is 16.4. The summed E-state index contributed by atoms with van der Waals surface area (Å²) in [6, 6.07) is 12.3. The van der Waals surface area contributed by atoms with Gasteiger partial charge in [-0.1, -0.05) is 30.0 Å². The van der Waals surface area contributed by atoms with Gasteiger partial charge in [-0.05, 0) is 30.3 Å². The van der Waals surface area contributed by atoms with Crippen LogP contribution in [0.2, 0.25) is 0 Å². The van der Waals surface area contributed by atoms with Gasteiger partial charge in [-0.25, -0.2) is 9.37 Å². The number of carboxylic acid groups (broad SMARTS) is 1. The van der Waals surface area contributed by atoms with Crippen molar-refractivity contribution in [1.29, 1.82) is 0 Å². The summed E-state index contributed by atoms with van der Waals surface area (Å²) in [5, 5.41) is 9.46. The Balaban J connectivity index is 2.27. The molecule has 0 spiro atoms. The molecule has 0 radical (unpaired) electrons. The third-order valence-electron chi connectivity index (χ3n) is 3.14. The fourth-order valence-corrected chi connectivity index (χ4v) is 2.91. The van der Waals surface area contributed by atoms with E-state index >= 15 is 0 Å². The number of para-hydroxylation sites is 1. The molecule has 0 aliphatic heterocycles. The van der Waals surface area contributed by atoms with E-state index in [1.807, 2.05) is 0 Å². The molecule has 23 heavy (non-hydrogen) atoms. The standard InChI is InChI=1S/C16H11FN2O3S/c17-10-4-3-5-11(8-10)19-15(22)12-6-1-2-7-13(12)18-16(19)23-9-14(20)21/h1-8H,9H2,(H,20,21). The van der Waals surface area contributed by atoms with Crippen molar-refractivity contribution in [2.24, 2.45) is 0 Å². The van der Waals surface area contributed by atoms with Crippen molar-refractivity contribution < 1.29 is 14.3 Å². The molecule has 5 nitrogen and oxygen atoms in total. The Morgan fingerprint density at radius 2 is 2.00 bits per heavy atom. The third-order valence-corrected chi connectivity index (χ3v) is 4.06. The Morgan fingerprint density at radius 3 is 2.74 bits per heavy atom. The van der Waals surface area contributed by atoms with E-state index in [2.05, 4.69) is 4.98 Å². The summed E-state index contributed by atoms with van der Waals surface area (Å²) >= 11 is 0.915. The lowest BCUT2D eigenvalue weighted by atomic mass is 10.2. The van der Waals surface area contributed by atoms with Gasteiger partial charge in [-0.2, -0.15) is 0 Å². The highest BCUT2D eigenvalue weighted by atomic mass is 32.2. The van der Waals surface area contributed by atoms with Crippen molar-refractivity contribution in [3.63, 3.8) is 0 Å². The number of carbonyl (C=O) groups is 1. The third kappa shape index (κ3) is 3.09. The fraction of sp³-hybridized carbons (Fsp3) is 0.0625. The Hall–Kier alpha value is -2.67. The maximum Gasteiger partial charge on any atom is 0.313 e. The second-order valence-corrected chi connectivity index (χ2v) is 5.66. The van der Waals surface area contributed by atoms with Gasteiger partial charge in [0.25, 0.3) is 5.56 Å². The molecule has 0 saturated heterocycles. The maximum absolute atomic E-state index is 13.5. The van der Waals surface area contributed by atoms with Crippen LogP contribution in [0, 0.1) is 5.82 Å². The highest BCUT2D eigenvalue weighted by molar-refractivity contribution is 7.99. The summed E-state index contributed by atoms with van der Waals surface area (Å²) in [7, 11) is 0. The first-order valence-corrected chi connectivity index (χ1v) is 7.67. The smallest absolute Gasteiger partial charge is 0.313 e.